The maximum Gasteiger partial charge on any atom is 0.220 e. The van der Waals surface area contributed by atoms with Crippen LogP contribution >= 0.6 is 0 Å². The number of nitrogens with zero attached hydrogens (tertiary/aromatic N) is 1. The van der Waals surface area contributed by atoms with E-state index in [4.69, 9.17) is 5.73 Å². The van der Waals surface area contributed by atoms with Crippen molar-refractivity contribution in [3.05, 3.63) is 0 Å². The number of nitrogens with two attached hydrogens (primary N) is 1. The van der Waals surface area contributed by atoms with E-state index in [0.717, 1.165) is 19.3 Å². The van der Waals surface area contributed by atoms with Crippen molar-refractivity contribution >= 4 is 17.5 Å². The van der Waals surface area contributed by atoms with Gasteiger partial charge in [0.05, 0.1) is 11.9 Å². The molecule has 32 heavy (non-hydrogen) atoms. The first kappa shape index (κ1) is 30.6. The molecule has 1 unspecified atom stereocenters. The van der Waals surface area contributed by atoms with E-state index < -0.39 is 0 Å². The molecule has 0 radical (unpaired) electrons. The lowest BCUT2D eigenvalue weighted by atomic mass is 10.0. The second kappa shape index (κ2) is 22.8. The number of amides is 1. The Morgan fingerprint density at radius 1 is 0.750 bits per heavy atom. The van der Waals surface area contributed by atoms with Gasteiger partial charge in [0.15, 0.2) is 5.78 Å². The number of hydrogen-bond donors (Lipinski definition) is 2. The van der Waals surface area contributed by atoms with Crippen LogP contribution < -0.4 is 11.1 Å². The van der Waals surface area contributed by atoms with Gasteiger partial charge in [0.2, 0.25) is 5.91 Å². The maximum atomic E-state index is 12.2. The summed E-state index contributed by atoms with van der Waals surface area (Å²) in [6.45, 7) is 6.48. The number of ketones is 1. The van der Waals surface area contributed by atoms with Crippen LogP contribution in [0.25, 0.3) is 0 Å². The predicted molar refractivity (Wildman–Crippen MR) is 138 cm³/mol. The summed E-state index contributed by atoms with van der Waals surface area (Å²) >= 11 is 0. The summed E-state index contributed by atoms with van der Waals surface area (Å²) < 4.78 is 0. The lowest BCUT2D eigenvalue weighted by Crippen LogP contribution is -2.40. The third-order valence-electron chi connectivity index (χ3n) is 6.09. The highest BCUT2D eigenvalue weighted by molar-refractivity contribution is 5.88. The molecular weight excluding hydrogens is 398 g/mol. The number of carbonyl (C=O) groups excluding carboxylic acids is 2. The topological polar surface area (TPSA) is 84.6 Å². The number of nitrogens with one attached hydrogen (secondary N) is 1. The van der Waals surface area contributed by atoms with Gasteiger partial charge < -0.3 is 11.1 Å². The van der Waals surface area contributed by atoms with Crippen LogP contribution in [0.15, 0.2) is 4.99 Å². The minimum absolute atomic E-state index is 0.00463. The molecule has 0 saturated heterocycles. The fraction of sp³-hybridized carbons (Fsp3) is 0.889. The van der Waals surface area contributed by atoms with Crippen LogP contribution in [0.5, 0.6) is 0 Å². The SMILES string of the molecule is CCCCCCCCCCCCCCCCCC(=O)NC(CCCN=C(C)N)C(=O)CC. The third kappa shape index (κ3) is 20.5. The van der Waals surface area contributed by atoms with Crippen molar-refractivity contribution in [3.63, 3.8) is 0 Å². The first-order valence-corrected chi connectivity index (χ1v) is 13.6. The van der Waals surface area contributed by atoms with Gasteiger partial charge >= 0.3 is 0 Å². The van der Waals surface area contributed by atoms with Crippen LogP contribution in [0.2, 0.25) is 0 Å². The zero-order chi connectivity index (χ0) is 23.9. The van der Waals surface area contributed by atoms with E-state index >= 15 is 0 Å². The summed E-state index contributed by atoms with van der Waals surface area (Å²) in [5.74, 6) is 0.661. The van der Waals surface area contributed by atoms with Gasteiger partial charge in [-0.3, -0.25) is 14.6 Å². The molecule has 0 aromatic carbocycles. The van der Waals surface area contributed by atoms with Gasteiger partial charge in [-0.1, -0.05) is 104 Å². The number of Topliss-reactive ketones (excluding diaryl/α,β-unsaturated/α-hetero) is 1. The van der Waals surface area contributed by atoms with E-state index in [0.29, 0.717) is 31.6 Å². The molecule has 0 aliphatic heterocycles. The normalized spacial score (nSPS) is 12.7. The summed E-state index contributed by atoms with van der Waals surface area (Å²) in [4.78, 5) is 28.5. The Balaban J connectivity index is 3.63. The van der Waals surface area contributed by atoms with Crippen LogP contribution in [0.4, 0.5) is 0 Å². The average Bonchev–Trinajstić information content (AvgIpc) is 2.77. The first-order valence-electron chi connectivity index (χ1n) is 13.6. The summed E-state index contributed by atoms with van der Waals surface area (Å²) in [5.41, 5.74) is 5.54. The van der Waals surface area contributed by atoms with E-state index in [1.165, 1.54) is 83.5 Å². The molecule has 1 amide bonds. The Morgan fingerprint density at radius 3 is 1.66 bits per heavy atom. The molecule has 0 aliphatic carbocycles. The highest BCUT2D eigenvalue weighted by Crippen LogP contribution is 2.14. The first-order chi connectivity index (χ1) is 15.5. The number of amidine groups is 1. The molecule has 0 spiro atoms. The molecule has 5 nitrogen and oxygen atoms in total. The van der Waals surface area contributed by atoms with E-state index in [2.05, 4.69) is 17.2 Å². The van der Waals surface area contributed by atoms with Crippen molar-refractivity contribution in [2.75, 3.05) is 6.54 Å². The monoisotopic (exact) mass is 451 g/mol. The Bertz CT molecular complexity index is 487. The van der Waals surface area contributed by atoms with Gasteiger partial charge in [-0.15, -0.1) is 0 Å². The van der Waals surface area contributed by atoms with Gasteiger partial charge in [-0.05, 0) is 26.2 Å². The summed E-state index contributed by atoms with van der Waals surface area (Å²) in [6, 6.07) is -0.378. The van der Waals surface area contributed by atoms with Crippen molar-refractivity contribution in [1.82, 2.24) is 5.32 Å². The molecular formula is C27H53N3O2. The van der Waals surface area contributed by atoms with Crippen LogP contribution in [0.1, 0.15) is 143 Å². The lowest BCUT2D eigenvalue weighted by molar-refractivity contribution is -0.127. The molecule has 0 fully saturated rings. The fourth-order valence-corrected chi connectivity index (χ4v) is 4.03. The Kier molecular flexibility index (Phi) is 21.8. The number of rotatable bonds is 23. The quantitative estimate of drug-likeness (QED) is 0.101. The predicted octanol–water partition coefficient (Wildman–Crippen LogP) is 6.87. The van der Waals surface area contributed by atoms with Crippen molar-refractivity contribution < 1.29 is 9.59 Å². The minimum atomic E-state index is -0.378. The maximum absolute atomic E-state index is 12.2. The molecule has 3 N–H and O–H groups in total. The lowest BCUT2D eigenvalue weighted by Gasteiger charge is -2.16. The molecule has 5 heteroatoms. The molecule has 0 bridgehead atoms. The molecule has 0 aliphatic rings. The smallest absolute Gasteiger partial charge is 0.220 e. The highest BCUT2D eigenvalue weighted by atomic mass is 16.2. The van der Waals surface area contributed by atoms with Gasteiger partial charge in [0, 0.05) is 19.4 Å². The summed E-state index contributed by atoms with van der Waals surface area (Å²) in [6.07, 6.45) is 22.1. The van der Waals surface area contributed by atoms with Gasteiger partial charge in [0.1, 0.15) is 0 Å². The molecule has 188 valence electrons. The van der Waals surface area contributed by atoms with Crippen LogP contribution in [-0.2, 0) is 9.59 Å². The number of unbranched alkanes of at least 4 members (excludes halogenated alkanes) is 14. The highest BCUT2D eigenvalue weighted by Gasteiger charge is 2.18. The zero-order valence-electron chi connectivity index (χ0n) is 21.6. The molecule has 1 atom stereocenters. The second-order valence-electron chi connectivity index (χ2n) is 9.31. The Morgan fingerprint density at radius 2 is 1.22 bits per heavy atom. The van der Waals surface area contributed by atoms with Crippen molar-refractivity contribution in [1.29, 1.82) is 0 Å². The van der Waals surface area contributed by atoms with E-state index in [1.807, 2.05) is 6.92 Å². The standard InChI is InChI=1S/C27H53N3O2/c1-4-6-7-8-9-10-11-12-13-14-15-16-17-18-19-22-27(32)30-25(26(31)5-2)21-20-23-29-24(3)28/h25H,4-23H2,1-3H3,(H2,28,29)(H,30,32). The zero-order valence-corrected chi connectivity index (χ0v) is 21.6. The third-order valence-corrected chi connectivity index (χ3v) is 6.09. The molecule has 0 saturated carbocycles. The molecule has 0 heterocycles. The van der Waals surface area contributed by atoms with E-state index in [1.54, 1.807) is 6.92 Å². The molecule has 0 aromatic rings. The van der Waals surface area contributed by atoms with Crippen LogP contribution in [0.3, 0.4) is 0 Å². The van der Waals surface area contributed by atoms with Crippen molar-refractivity contribution in [2.24, 2.45) is 10.7 Å². The van der Waals surface area contributed by atoms with E-state index in [-0.39, 0.29) is 17.7 Å². The van der Waals surface area contributed by atoms with Crippen LogP contribution in [-0.4, -0.2) is 30.1 Å². The number of aliphatic imine (C=N–C) groups is 1. The van der Waals surface area contributed by atoms with Crippen LogP contribution in [0, 0.1) is 0 Å². The second-order valence-corrected chi connectivity index (χ2v) is 9.31. The Hall–Kier alpha value is -1.39. The largest absolute Gasteiger partial charge is 0.388 e. The number of carbonyl (C=O) groups is 2. The van der Waals surface area contributed by atoms with Crippen molar-refractivity contribution in [3.8, 4) is 0 Å². The Labute approximate surface area is 198 Å². The van der Waals surface area contributed by atoms with E-state index in [9.17, 15) is 9.59 Å². The fourth-order valence-electron chi connectivity index (χ4n) is 4.03. The van der Waals surface area contributed by atoms with Gasteiger partial charge in [-0.25, -0.2) is 0 Å². The van der Waals surface area contributed by atoms with Gasteiger partial charge in [-0.2, -0.15) is 0 Å². The molecule has 0 rings (SSSR count). The minimum Gasteiger partial charge on any atom is -0.388 e. The average molecular weight is 452 g/mol. The summed E-state index contributed by atoms with van der Waals surface area (Å²) in [5, 5.41) is 2.94. The number of hydrogen-bond acceptors (Lipinski definition) is 3. The van der Waals surface area contributed by atoms with Crippen molar-refractivity contribution in [2.45, 2.75) is 149 Å². The van der Waals surface area contributed by atoms with Gasteiger partial charge in [0.25, 0.3) is 0 Å². The summed E-state index contributed by atoms with van der Waals surface area (Å²) in [7, 11) is 0. The molecule has 0 aromatic heterocycles.